The van der Waals surface area contributed by atoms with E-state index in [4.69, 9.17) is 11.6 Å². The number of benzene rings is 4. The zero-order valence-electron chi connectivity index (χ0n) is 22.9. The Hall–Kier alpha value is -4.77. The smallest absolute Gasteiger partial charge is 0.272 e. The molecule has 0 saturated carbocycles. The summed E-state index contributed by atoms with van der Waals surface area (Å²) in [5.74, 6) is -1.82. The molecule has 5 aromatic rings. The van der Waals surface area contributed by atoms with Crippen molar-refractivity contribution in [2.75, 3.05) is 16.4 Å². The summed E-state index contributed by atoms with van der Waals surface area (Å²) in [7, 11) is 0. The first-order chi connectivity index (χ1) is 21.3. The van der Waals surface area contributed by atoms with Gasteiger partial charge in [0, 0.05) is 37.7 Å². The van der Waals surface area contributed by atoms with Gasteiger partial charge in [0.05, 0.1) is 11.4 Å². The summed E-state index contributed by atoms with van der Waals surface area (Å²) in [6, 6.07) is 28.5. The molecule has 0 saturated heterocycles. The third-order valence-corrected chi connectivity index (χ3v) is 8.09. The number of aromatic nitrogens is 1. The van der Waals surface area contributed by atoms with E-state index in [9.17, 15) is 18.8 Å². The molecular formula is C33H24ClFN4O3S2. The fourth-order valence-corrected chi connectivity index (χ4v) is 5.56. The molecule has 4 aromatic carbocycles. The standard InChI is InChI=1S/C33H24ClFN4O3S2/c34-24-15-13-21(14-16-24)29-19-44-33(38-29)39-30(40)20-43-26-11-6-10-25(18-26)36-32(42)28(17-23-9-4-5-12-27(23)35)37-31(41)22-7-2-1-3-8-22/h1-19H,20H2,(H,36,42)(H,37,41)(H,38,39,40)/b28-17-. The Kier molecular flexibility index (Phi) is 10.2. The van der Waals surface area contributed by atoms with Crippen molar-refractivity contribution in [1.29, 1.82) is 0 Å². The highest BCUT2D eigenvalue weighted by molar-refractivity contribution is 8.00. The topological polar surface area (TPSA) is 100 Å². The summed E-state index contributed by atoms with van der Waals surface area (Å²) in [5.41, 5.74) is 2.41. The summed E-state index contributed by atoms with van der Waals surface area (Å²) in [6.45, 7) is 0. The molecule has 1 heterocycles. The first-order valence-corrected chi connectivity index (χ1v) is 15.5. The number of halogens is 2. The Morgan fingerprint density at radius 2 is 1.64 bits per heavy atom. The Labute approximate surface area is 266 Å². The molecule has 0 aliphatic heterocycles. The van der Waals surface area contributed by atoms with Gasteiger partial charge in [0.2, 0.25) is 5.91 Å². The number of hydrogen-bond acceptors (Lipinski definition) is 6. The lowest BCUT2D eigenvalue weighted by Crippen LogP contribution is -2.30. The third kappa shape index (κ3) is 8.41. The van der Waals surface area contributed by atoms with Gasteiger partial charge >= 0.3 is 0 Å². The fraction of sp³-hybridized carbons (Fsp3) is 0.0303. The molecule has 3 amide bonds. The van der Waals surface area contributed by atoms with Crippen LogP contribution in [-0.2, 0) is 9.59 Å². The molecule has 0 bridgehead atoms. The van der Waals surface area contributed by atoms with Crippen LogP contribution in [0.3, 0.4) is 0 Å². The molecule has 0 radical (unpaired) electrons. The second-order valence-electron chi connectivity index (χ2n) is 9.26. The molecule has 3 N–H and O–H groups in total. The first-order valence-electron chi connectivity index (χ1n) is 13.2. The molecule has 0 unspecified atom stereocenters. The number of amides is 3. The number of carbonyl (C=O) groups is 3. The van der Waals surface area contributed by atoms with Crippen LogP contribution in [0.2, 0.25) is 5.02 Å². The highest BCUT2D eigenvalue weighted by Gasteiger charge is 2.16. The highest BCUT2D eigenvalue weighted by atomic mass is 35.5. The number of nitrogens with zero attached hydrogens (tertiary/aromatic N) is 1. The molecule has 220 valence electrons. The number of rotatable bonds is 10. The summed E-state index contributed by atoms with van der Waals surface area (Å²) in [4.78, 5) is 43.9. The number of hydrogen-bond donors (Lipinski definition) is 3. The van der Waals surface area contributed by atoms with Gasteiger partial charge in [-0.25, -0.2) is 9.37 Å². The quantitative estimate of drug-likeness (QED) is 0.107. The number of anilines is 2. The fourth-order valence-electron chi connectivity index (χ4n) is 3.94. The summed E-state index contributed by atoms with van der Waals surface area (Å²) in [6.07, 6.45) is 1.28. The van der Waals surface area contributed by atoms with E-state index in [1.807, 2.05) is 23.6 Å². The molecule has 0 spiro atoms. The third-order valence-electron chi connectivity index (χ3n) is 6.09. The van der Waals surface area contributed by atoms with Gasteiger partial charge in [0.15, 0.2) is 5.13 Å². The monoisotopic (exact) mass is 642 g/mol. The normalized spacial score (nSPS) is 11.1. The van der Waals surface area contributed by atoms with E-state index in [0.29, 0.717) is 21.4 Å². The molecule has 0 fully saturated rings. The summed E-state index contributed by atoms with van der Waals surface area (Å²) >= 11 is 8.56. The Morgan fingerprint density at radius 3 is 2.41 bits per heavy atom. The predicted molar refractivity (Wildman–Crippen MR) is 175 cm³/mol. The van der Waals surface area contributed by atoms with E-state index in [1.54, 1.807) is 66.7 Å². The second-order valence-corrected chi connectivity index (χ2v) is 11.6. The van der Waals surface area contributed by atoms with Crippen LogP contribution in [0.1, 0.15) is 15.9 Å². The van der Waals surface area contributed by atoms with Gasteiger partial charge in [-0.2, -0.15) is 0 Å². The molecule has 5 rings (SSSR count). The molecule has 7 nitrogen and oxygen atoms in total. The second kappa shape index (κ2) is 14.6. The number of carbonyl (C=O) groups excluding carboxylic acids is 3. The lowest BCUT2D eigenvalue weighted by Gasteiger charge is -2.12. The average Bonchev–Trinajstić information content (AvgIpc) is 3.50. The lowest BCUT2D eigenvalue weighted by atomic mass is 10.1. The molecule has 0 atom stereocenters. The van der Waals surface area contributed by atoms with Crippen LogP contribution < -0.4 is 16.0 Å². The van der Waals surface area contributed by atoms with E-state index in [1.165, 1.54) is 47.4 Å². The van der Waals surface area contributed by atoms with Crippen molar-refractivity contribution in [3.8, 4) is 11.3 Å². The van der Waals surface area contributed by atoms with Crippen LogP contribution in [0.15, 0.2) is 119 Å². The molecule has 0 aliphatic rings. The highest BCUT2D eigenvalue weighted by Crippen LogP contribution is 2.27. The van der Waals surface area contributed by atoms with E-state index in [0.717, 1.165) is 16.2 Å². The van der Waals surface area contributed by atoms with Crippen molar-refractivity contribution in [2.45, 2.75) is 4.90 Å². The molecule has 0 aliphatic carbocycles. The van der Waals surface area contributed by atoms with Gasteiger partial charge in [-0.3, -0.25) is 14.4 Å². The van der Waals surface area contributed by atoms with Crippen LogP contribution >= 0.6 is 34.7 Å². The summed E-state index contributed by atoms with van der Waals surface area (Å²) in [5, 5.41) is 11.1. The largest absolute Gasteiger partial charge is 0.321 e. The SMILES string of the molecule is O=C(CSc1cccc(NC(=O)/C(=C/c2ccccc2F)NC(=O)c2ccccc2)c1)Nc1nc(-c2ccc(Cl)cc2)cs1. The zero-order valence-corrected chi connectivity index (χ0v) is 25.3. The van der Waals surface area contributed by atoms with Crippen molar-refractivity contribution in [3.63, 3.8) is 0 Å². The maximum absolute atomic E-state index is 14.4. The molecule has 1 aromatic heterocycles. The van der Waals surface area contributed by atoms with Crippen LogP contribution in [0, 0.1) is 5.82 Å². The molecular weight excluding hydrogens is 619 g/mol. The van der Waals surface area contributed by atoms with E-state index < -0.39 is 17.6 Å². The first kappa shape index (κ1) is 30.7. The Morgan fingerprint density at radius 1 is 0.886 bits per heavy atom. The average molecular weight is 643 g/mol. The maximum Gasteiger partial charge on any atom is 0.272 e. The van der Waals surface area contributed by atoms with E-state index in [-0.39, 0.29) is 22.9 Å². The zero-order chi connectivity index (χ0) is 30.9. The van der Waals surface area contributed by atoms with Crippen molar-refractivity contribution in [1.82, 2.24) is 10.3 Å². The maximum atomic E-state index is 14.4. The molecule has 11 heteroatoms. The Balaban J connectivity index is 1.23. The number of thiazole rings is 1. The van der Waals surface area contributed by atoms with E-state index >= 15 is 0 Å². The predicted octanol–water partition coefficient (Wildman–Crippen LogP) is 7.74. The van der Waals surface area contributed by atoms with Gasteiger partial charge in [0.1, 0.15) is 11.5 Å². The molecule has 44 heavy (non-hydrogen) atoms. The van der Waals surface area contributed by atoms with Gasteiger partial charge in [-0.05, 0) is 54.6 Å². The van der Waals surface area contributed by atoms with Crippen molar-refractivity contribution >= 4 is 69.3 Å². The minimum atomic E-state index is -0.641. The van der Waals surface area contributed by atoms with Gasteiger partial charge in [-0.15, -0.1) is 23.1 Å². The van der Waals surface area contributed by atoms with Crippen LogP contribution in [0.4, 0.5) is 15.2 Å². The minimum Gasteiger partial charge on any atom is -0.321 e. The van der Waals surface area contributed by atoms with Gasteiger partial charge < -0.3 is 16.0 Å². The Bertz CT molecular complexity index is 1830. The van der Waals surface area contributed by atoms with Gasteiger partial charge in [0.25, 0.3) is 11.8 Å². The van der Waals surface area contributed by atoms with Crippen LogP contribution in [-0.4, -0.2) is 28.5 Å². The summed E-state index contributed by atoms with van der Waals surface area (Å²) < 4.78 is 14.4. The van der Waals surface area contributed by atoms with Crippen molar-refractivity contribution < 1.29 is 18.8 Å². The van der Waals surface area contributed by atoms with E-state index in [2.05, 4.69) is 20.9 Å². The van der Waals surface area contributed by atoms with Crippen LogP contribution in [0.25, 0.3) is 17.3 Å². The van der Waals surface area contributed by atoms with Crippen molar-refractivity contribution in [2.24, 2.45) is 0 Å². The minimum absolute atomic E-state index is 0.110. The van der Waals surface area contributed by atoms with Crippen LogP contribution in [0.5, 0.6) is 0 Å². The number of thioether (sulfide) groups is 1. The van der Waals surface area contributed by atoms with Gasteiger partial charge in [-0.1, -0.05) is 66.2 Å². The lowest BCUT2D eigenvalue weighted by molar-refractivity contribution is -0.114. The van der Waals surface area contributed by atoms with Crippen molar-refractivity contribution in [3.05, 3.63) is 136 Å². The number of nitrogens with one attached hydrogen (secondary N) is 3.